The fraction of sp³-hybridized carbons (Fsp3) is 0.462. The fourth-order valence-electron chi connectivity index (χ4n) is 1.63. The van der Waals surface area contributed by atoms with Gasteiger partial charge < -0.3 is 14.7 Å². The van der Waals surface area contributed by atoms with Crippen LogP contribution >= 0.6 is 0 Å². The number of aliphatic hydroxyl groups is 1. The topological polar surface area (TPSA) is 49.8 Å². The molecule has 0 aliphatic rings. The summed E-state index contributed by atoms with van der Waals surface area (Å²) in [5.74, 6) is -0.176. The summed E-state index contributed by atoms with van der Waals surface area (Å²) >= 11 is 0. The van der Waals surface area contributed by atoms with Crippen molar-refractivity contribution in [2.24, 2.45) is 0 Å². The maximum atomic E-state index is 12.1. The van der Waals surface area contributed by atoms with Crippen molar-refractivity contribution in [2.45, 2.75) is 20.0 Å². The van der Waals surface area contributed by atoms with Gasteiger partial charge in [0, 0.05) is 25.3 Å². The molecule has 0 saturated heterocycles. The molecule has 1 aromatic carbocycles. The molecule has 1 aromatic rings. The first-order chi connectivity index (χ1) is 9.08. The summed E-state index contributed by atoms with van der Waals surface area (Å²) < 4.78 is 28.2. The molecule has 4 nitrogen and oxygen atoms in total. The average Bonchev–Trinajstić information content (AvgIpc) is 2.39. The monoisotopic (exact) mass is 273 g/mol. The molecule has 0 unspecified atom stereocenters. The lowest BCUT2D eigenvalue weighted by Gasteiger charge is -2.20. The van der Waals surface area contributed by atoms with Crippen molar-refractivity contribution in [1.82, 2.24) is 4.90 Å². The minimum atomic E-state index is -2.88. The van der Waals surface area contributed by atoms with Crippen molar-refractivity contribution in [3.63, 3.8) is 0 Å². The molecule has 1 amide bonds. The predicted octanol–water partition coefficient (Wildman–Crippen LogP) is 2.13. The van der Waals surface area contributed by atoms with Crippen LogP contribution in [-0.4, -0.2) is 42.2 Å². The van der Waals surface area contributed by atoms with E-state index in [0.29, 0.717) is 25.1 Å². The molecular formula is C13H17F2NO3. The van der Waals surface area contributed by atoms with E-state index >= 15 is 0 Å². The zero-order valence-electron chi connectivity index (χ0n) is 10.7. The van der Waals surface area contributed by atoms with E-state index in [4.69, 9.17) is 5.11 Å². The van der Waals surface area contributed by atoms with Gasteiger partial charge in [0.2, 0.25) is 0 Å². The van der Waals surface area contributed by atoms with Crippen LogP contribution in [0.15, 0.2) is 24.3 Å². The molecule has 1 rings (SSSR count). The lowest BCUT2D eigenvalue weighted by atomic mass is 10.2. The third kappa shape index (κ3) is 4.82. The van der Waals surface area contributed by atoms with Crippen LogP contribution in [0.25, 0.3) is 0 Å². The number of nitrogens with zero attached hydrogens (tertiary/aromatic N) is 1. The summed E-state index contributed by atoms with van der Waals surface area (Å²) in [7, 11) is 0. The molecule has 0 aliphatic carbocycles. The molecule has 0 bridgehead atoms. The SMILES string of the molecule is CCN(CCCO)C(=O)c1ccc(OC(F)F)cc1. The quantitative estimate of drug-likeness (QED) is 0.828. The Balaban J connectivity index is 2.70. The Labute approximate surface area is 110 Å². The van der Waals surface area contributed by atoms with Crippen molar-refractivity contribution < 1.29 is 23.4 Å². The van der Waals surface area contributed by atoms with Gasteiger partial charge in [-0.3, -0.25) is 4.79 Å². The van der Waals surface area contributed by atoms with Crippen LogP contribution in [0.1, 0.15) is 23.7 Å². The van der Waals surface area contributed by atoms with E-state index < -0.39 is 6.61 Å². The third-order valence-electron chi connectivity index (χ3n) is 2.58. The molecule has 0 heterocycles. The van der Waals surface area contributed by atoms with Crippen LogP contribution in [0.4, 0.5) is 8.78 Å². The number of hydrogen-bond acceptors (Lipinski definition) is 3. The van der Waals surface area contributed by atoms with Crippen LogP contribution in [0.3, 0.4) is 0 Å². The summed E-state index contributed by atoms with van der Waals surface area (Å²) in [5.41, 5.74) is 0.404. The Kier molecular flexibility index (Phi) is 6.21. The zero-order chi connectivity index (χ0) is 14.3. The second-order valence-electron chi connectivity index (χ2n) is 3.86. The number of alkyl halides is 2. The molecule has 0 aromatic heterocycles. The molecule has 106 valence electrons. The predicted molar refractivity (Wildman–Crippen MR) is 66.4 cm³/mol. The molecule has 0 spiro atoms. The summed E-state index contributed by atoms with van der Waals surface area (Å²) in [6, 6.07) is 5.56. The molecular weight excluding hydrogens is 256 g/mol. The van der Waals surface area contributed by atoms with Gasteiger partial charge in [-0.2, -0.15) is 8.78 Å². The van der Waals surface area contributed by atoms with E-state index in [1.165, 1.54) is 24.3 Å². The number of carbonyl (C=O) groups is 1. The Morgan fingerprint density at radius 3 is 2.47 bits per heavy atom. The van der Waals surface area contributed by atoms with E-state index in [1.54, 1.807) is 4.90 Å². The Hall–Kier alpha value is -1.69. The first-order valence-corrected chi connectivity index (χ1v) is 6.03. The summed E-state index contributed by atoms with van der Waals surface area (Å²) in [6.45, 7) is -0.0396. The van der Waals surface area contributed by atoms with Gasteiger partial charge in [-0.05, 0) is 37.6 Å². The Morgan fingerprint density at radius 1 is 1.37 bits per heavy atom. The van der Waals surface area contributed by atoms with Crippen molar-refractivity contribution >= 4 is 5.91 Å². The van der Waals surface area contributed by atoms with Gasteiger partial charge in [0.15, 0.2) is 0 Å². The maximum absolute atomic E-state index is 12.1. The number of carbonyl (C=O) groups excluding carboxylic acids is 1. The largest absolute Gasteiger partial charge is 0.435 e. The van der Waals surface area contributed by atoms with Crippen LogP contribution in [-0.2, 0) is 0 Å². The minimum Gasteiger partial charge on any atom is -0.435 e. The molecule has 19 heavy (non-hydrogen) atoms. The highest BCUT2D eigenvalue weighted by atomic mass is 19.3. The fourth-order valence-corrected chi connectivity index (χ4v) is 1.63. The molecule has 0 radical (unpaired) electrons. The van der Waals surface area contributed by atoms with Gasteiger partial charge in [-0.1, -0.05) is 0 Å². The molecule has 0 fully saturated rings. The molecule has 6 heteroatoms. The number of ether oxygens (including phenoxy) is 1. The van der Waals surface area contributed by atoms with Crippen molar-refractivity contribution in [3.8, 4) is 5.75 Å². The molecule has 0 aliphatic heterocycles. The van der Waals surface area contributed by atoms with Gasteiger partial charge in [-0.25, -0.2) is 0 Å². The second-order valence-corrected chi connectivity index (χ2v) is 3.86. The van der Waals surface area contributed by atoms with E-state index in [9.17, 15) is 13.6 Å². The van der Waals surface area contributed by atoms with E-state index in [-0.39, 0.29) is 18.3 Å². The van der Waals surface area contributed by atoms with Crippen LogP contribution in [0, 0.1) is 0 Å². The highest BCUT2D eigenvalue weighted by Gasteiger charge is 2.14. The van der Waals surface area contributed by atoms with Crippen molar-refractivity contribution in [3.05, 3.63) is 29.8 Å². The summed E-state index contributed by atoms with van der Waals surface area (Å²) in [6.07, 6.45) is 0.506. The van der Waals surface area contributed by atoms with E-state index in [1.807, 2.05) is 6.92 Å². The first-order valence-electron chi connectivity index (χ1n) is 6.03. The van der Waals surface area contributed by atoms with Crippen LogP contribution < -0.4 is 4.74 Å². The van der Waals surface area contributed by atoms with Crippen LogP contribution in [0.2, 0.25) is 0 Å². The Bertz CT molecular complexity index is 395. The number of rotatable bonds is 7. The van der Waals surface area contributed by atoms with Gasteiger partial charge in [0.05, 0.1) is 0 Å². The van der Waals surface area contributed by atoms with Gasteiger partial charge in [0.25, 0.3) is 5.91 Å². The second kappa shape index (κ2) is 7.68. The van der Waals surface area contributed by atoms with Gasteiger partial charge in [0.1, 0.15) is 5.75 Å². The maximum Gasteiger partial charge on any atom is 0.387 e. The van der Waals surface area contributed by atoms with Crippen molar-refractivity contribution in [1.29, 1.82) is 0 Å². The lowest BCUT2D eigenvalue weighted by Crippen LogP contribution is -2.32. The third-order valence-corrected chi connectivity index (χ3v) is 2.58. The normalized spacial score (nSPS) is 10.6. The number of aliphatic hydroxyl groups excluding tert-OH is 1. The molecule has 0 atom stereocenters. The van der Waals surface area contributed by atoms with Gasteiger partial charge in [-0.15, -0.1) is 0 Å². The minimum absolute atomic E-state index is 0.0185. The molecule has 1 N–H and O–H groups in total. The van der Waals surface area contributed by atoms with Gasteiger partial charge >= 0.3 is 6.61 Å². The van der Waals surface area contributed by atoms with Crippen molar-refractivity contribution in [2.75, 3.05) is 19.7 Å². The number of benzene rings is 1. The summed E-state index contributed by atoms with van der Waals surface area (Å²) in [4.78, 5) is 13.7. The van der Waals surface area contributed by atoms with E-state index in [2.05, 4.69) is 4.74 Å². The number of amides is 1. The summed E-state index contributed by atoms with van der Waals surface area (Å²) in [5, 5.41) is 8.76. The average molecular weight is 273 g/mol. The molecule has 0 saturated carbocycles. The van der Waals surface area contributed by atoms with E-state index in [0.717, 1.165) is 0 Å². The standard InChI is InChI=1S/C13H17F2NO3/c1-2-16(8-3-9-17)12(18)10-4-6-11(7-5-10)19-13(14)15/h4-7,13,17H,2-3,8-9H2,1H3. The Morgan fingerprint density at radius 2 is 2.00 bits per heavy atom. The smallest absolute Gasteiger partial charge is 0.387 e. The highest BCUT2D eigenvalue weighted by Crippen LogP contribution is 2.16. The number of halogens is 2. The zero-order valence-corrected chi connectivity index (χ0v) is 10.7. The first kappa shape index (κ1) is 15.4. The lowest BCUT2D eigenvalue weighted by molar-refractivity contribution is -0.0498. The highest BCUT2D eigenvalue weighted by molar-refractivity contribution is 5.94. The van der Waals surface area contributed by atoms with Crippen LogP contribution in [0.5, 0.6) is 5.75 Å². The number of hydrogen-bond donors (Lipinski definition) is 1.